The standard InChI is InChI=1S/C17H18OS2/c1-13-3-5-14(6-4-13)17(19-11-12-20-17)15-7-9-16(18-2)10-8-15/h3-10H,11-12H2,1-2H3. The third-order valence-corrected chi connectivity index (χ3v) is 7.13. The first-order chi connectivity index (χ1) is 9.74. The third-order valence-electron chi connectivity index (χ3n) is 3.60. The van der Waals surface area contributed by atoms with E-state index in [0.717, 1.165) is 5.75 Å². The van der Waals surface area contributed by atoms with Crippen LogP contribution < -0.4 is 4.74 Å². The van der Waals surface area contributed by atoms with E-state index in [1.54, 1.807) is 7.11 Å². The molecule has 1 fully saturated rings. The first-order valence-corrected chi connectivity index (χ1v) is 8.71. The summed E-state index contributed by atoms with van der Waals surface area (Å²) in [5.74, 6) is 3.32. The van der Waals surface area contributed by atoms with Crippen molar-refractivity contribution in [1.29, 1.82) is 0 Å². The molecule has 0 unspecified atom stereocenters. The summed E-state index contributed by atoms with van der Waals surface area (Å²) in [5, 5.41) is 0. The maximum atomic E-state index is 5.27. The Morgan fingerprint density at radius 2 is 1.35 bits per heavy atom. The molecular formula is C17H18OS2. The molecular weight excluding hydrogens is 284 g/mol. The molecule has 1 saturated heterocycles. The molecule has 0 spiro atoms. The van der Waals surface area contributed by atoms with Crippen LogP contribution in [0.2, 0.25) is 0 Å². The summed E-state index contributed by atoms with van der Waals surface area (Å²) >= 11 is 4.07. The number of thioether (sulfide) groups is 2. The Bertz CT molecular complexity index is 569. The van der Waals surface area contributed by atoms with E-state index in [4.69, 9.17) is 4.74 Å². The zero-order valence-electron chi connectivity index (χ0n) is 11.8. The number of benzene rings is 2. The molecule has 2 aromatic rings. The second kappa shape index (κ2) is 5.74. The van der Waals surface area contributed by atoms with E-state index in [0.29, 0.717) is 0 Å². The lowest BCUT2D eigenvalue weighted by atomic mass is 10.0. The quantitative estimate of drug-likeness (QED) is 0.814. The summed E-state index contributed by atoms with van der Waals surface area (Å²) in [7, 11) is 1.71. The van der Waals surface area contributed by atoms with Crippen molar-refractivity contribution in [2.45, 2.75) is 11.0 Å². The number of rotatable bonds is 3. The lowest BCUT2D eigenvalue weighted by Gasteiger charge is -2.28. The fourth-order valence-corrected chi connectivity index (χ4v) is 5.78. The zero-order valence-corrected chi connectivity index (χ0v) is 13.4. The zero-order chi connectivity index (χ0) is 14.0. The summed E-state index contributed by atoms with van der Waals surface area (Å²) in [6.45, 7) is 2.14. The summed E-state index contributed by atoms with van der Waals surface area (Å²) in [6, 6.07) is 17.5. The lowest BCUT2D eigenvalue weighted by molar-refractivity contribution is 0.414. The molecule has 3 rings (SSSR count). The van der Waals surface area contributed by atoms with Crippen LogP contribution in [0.3, 0.4) is 0 Å². The molecule has 1 aliphatic rings. The Morgan fingerprint density at radius 1 is 0.850 bits per heavy atom. The minimum Gasteiger partial charge on any atom is -0.497 e. The van der Waals surface area contributed by atoms with Crippen LogP contribution in [0.15, 0.2) is 48.5 Å². The molecule has 1 aliphatic heterocycles. The normalized spacial score (nSPS) is 17.1. The molecule has 2 aromatic carbocycles. The maximum Gasteiger partial charge on any atom is 0.118 e. The van der Waals surface area contributed by atoms with Gasteiger partial charge in [0.1, 0.15) is 9.83 Å². The average Bonchev–Trinajstić information content (AvgIpc) is 2.99. The Morgan fingerprint density at radius 3 is 1.85 bits per heavy atom. The van der Waals surface area contributed by atoms with Gasteiger partial charge in [0.25, 0.3) is 0 Å². The highest BCUT2D eigenvalue weighted by molar-refractivity contribution is 8.20. The van der Waals surface area contributed by atoms with Gasteiger partial charge < -0.3 is 4.74 Å². The minimum absolute atomic E-state index is 0.0416. The van der Waals surface area contributed by atoms with E-state index in [1.165, 1.54) is 28.2 Å². The second-order valence-electron chi connectivity index (χ2n) is 4.91. The second-order valence-corrected chi connectivity index (χ2v) is 7.79. The van der Waals surface area contributed by atoms with Gasteiger partial charge in [-0.25, -0.2) is 0 Å². The van der Waals surface area contributed by atoms with E-state index in [9.17, 15) is 0 Å². The summed E-state index contributed by atoms with van der Waals surface area (Å²) in [6.07, 6.45) is 0. The number of aryl methyl sites for hydroxylation is 1. The smallest absolute Gasteiger partial charge is 0.118 e. The van der Waals surface area contributed by atoms with Crippen LogP contribution in [-0.4, -0.2) is 18.6 Å². The first kappa shape index (κ1) is 13.9. The van der Waals surface area contributed by atoms with Crippen LogP contribution in [0.25, 0.3) is 0 Å². The molecule has 0 saturated carbocycles. The van der Waals surface area contributed by atoms with Gasteiger partial charge in [0, 0.05) is 11.5 Å². The fourth-order valence-electron chi connectivity index (χ4n) is 2.50. The van der Waals surface area contributed by atoms with Crippen LogP contribution >= 0.6 is 23.5 Å². The Kier molecular flexibility index (Phi) is 3.99. The van der Waals surface area contributed by atoms with Gasteiger partial charge in [-0.05, 0) is 30.2 Å². The molecule has 1 nitrogen and oxygen atoms in total. The molecule has 0 radical (unpaired) electrons. The van der Waals surface area contributed by atoms with Crippen LogP contribution in [0.4, 0.5) is 0 Å². The Hall–Kier alpha value is -1.06. The summed E-state index contributed by atoms with van der Waals surface area (Å²) < 4.78 is 5.31. The average molecular weight is 302 g/mol. The third kappa shape index (κ3) is 2.45. The van der Waals surface area contributed by atoms with Crippen LogP contribution in [0.5, 0.6) is 5.75 Å². The molecule has 0 atom stereocenters. The largest absolute Gasteiger partial charge is 0.497 e. The van der Waals surface area contributed by atoms with Gasteiger partial charge in [0.2, 0.25) is 0 Å². The molecule has 20 heavy (non-hydrogen) atoms. The monoisotopic (exact) mass is 302 g/mol. The molecule has 0 bridgehead atoms. The Labute approximate surface area is 129 Å². The number of hydrogen-bond acceptors (Lipinski definition) is 3. The highest BCUT2D eigenvalue weighted by atomic mass is 32.2. The molecule has 0 N–H and O–H groups in total. The van der Waals surface area contributed by atoms with Crippen molar-refractivity contribution in [2.75, 3.05) is 18.6 Å². The van der Waals surface area contributed by atoms with Gasteiger partial charge >= 0.3 is 0 Å². The van der Waals surface area contributed by atoms with E-state index in [-0.39, 0.29) is 4.08 Å². The van der Waals surface area contributed by atoms with Gasteiger partial charge in [0.05, 0.1) is 7.11 Å². The van der Waals surface area contributed by atoms with Crippen molar-refractivity contribution in [2.24, 2.45) is 0 Å². The fraction of sp³-hybridized carbons (Fsp3) is 0.294. The van der Waals surface area contributed by atoms with Crippen molar-refractivity contribution >= 4 is 23.5 Å². The first-order valence-electron chi connectivity index (χ1n) is 6.74. The maximum absolute atomic E-state index is 5.27. The number of ether oxygens (including phenoxy) is 1. The van der Waals surface area contributed by atoms with Crippen molar-refractivity contribution < 1.29 is 4.74 Å². The van der Waals surface area contributed by atoms with E-state index < -0.39 is 0 Å². The van der Waals surface area contributed by atoms with Gasteiger partial charge in [-0.2, -0.15) is 0 Å². The molecule has 1 heterocycles. The van der Waals surface area contributed by atoms with Crippen LogP contribution in [0.1, 0.15) is 16.7 Å². The lowest BCUT2D eigenvalue weighted by Crippen LogP contribution is -2.16. The van der Waals surface area contributed by atoms with Gasteiger partial charge in [-0.3, -0.25) is 0 Å². The van der Waals surface area contributed by atoms with Crippen LogP contribution in [-0.2, 0) is 4.08 Å². The van der Waals surface area contributed by atoms with E-state index >= 15 is 0 Å². The van der Waals surface area contributed by atoms with Crippen molar-refractivity contribution in [3.63, 3.8) is 0 Å². The number of methoxy groups -OCH3 is 1. The van der Waals surface area contributed by atoms with Gasteiger partial charge in [-0.1, -0.05) is 42.0 Å². The topological polar surface area (TPSA) is 9.23 Å². The highest BCUT2D eigenvalue weighted by Gasteiger charge is 2.39. The molecule has 0 amide bonds. The molecule has 0 aromatic heterocycles. The SMILES string of the molecule is COc1ccc(C2(c3ccc(C)cc3)SCCS2)cc1. The highest BCUT2D eigenvalue weighted by Crippen LogP contribution is 2.56. The predicted octanol–water partition coefficient (Wildman–Crippen LogP) is 4.68. The minimum atomic E-state index is 0.0416. The van der Waals surface area contributed by atoms with Crippen molar-refractivity contribution in [3.8, 4) is 5.75 Å². The molecule has 3 heteroatoms. The number of hydrogen-bond donors (Lipinski definition) is 0. The van der Waals surface area contributed by atoms with Crippen LogP contribution in [0, 0.1) is 6.92 Å². The molecule has 104 valence electrons. The van der Waals surface area contributed by atoms with E-state index in [1.807, 2.05) is 23.5 Å². The molecule has 0 aliphatic carbocycles. The van der Waals surface area contributed by atoms with Gasteiger partial charge in [0.15, 0.2) is 0 Å². The van der Waals surface area contributed by atoms with Gasteiger partial charge in [-0.15, -0.1) is 23.5 Å². The predicted molar refractivity (Wildman–Crippen MR) is 89.9 cm³/mol. The summed E-state index contributed by atoms with van der Waals surface area (Å²) in [5.41, 5.74) is 4.06. The van der Waals surface area contributed by atoms with Crippen molar-refractivity contribution in [1.82, 2.24) is 0 Å². The van der Waals surface area contributed by atoms with Crippen molar-refractivity contribution in [3.05, 3.63) is 65.2 Å². The Balaban J connectivity index is 2.04. The van der Waals surface area contributed by atoms with E-state index in [2.05, 4.69) is 55.5 Å². The summed E-state index contributed by atoms with van der Waals surface area (Å²) in [4.78, 5) is 0.